The van der Waals surface area contributed by atoms with Crippen molar-refractivity contribution in [3.63, 3.8) is 0 Å². The summed E-state index contributed by atoms with van der Waals surface area (Å²) in [5.74, 6) is 0.664. The first-order valence-corrected chi connectivity index (χ1v) is 14.4. The lowest BCUT2D eigenvalue weighted by Crippen LogP contribution is -2.48. The van der Waals surface area contributed by atoms with Crippen LogP contribution in [-0.4, -0.2) is 88.2 Å². The maximum Gasteiger partial charge on any atom is 0.277 e. The van der Waals surface area contributed by atoms with Crippen LogP contribution in [0.5, 0.6) is 0 Å². The number of nitrogens with zero attached hydrogens (tertiary/aromatic N) is 9. The summed E-state index contributed by atoms with van der Waals surface area (Å²) in [5.41, 5.74) is 16.3. The fourth-order valence-corrected chi connectivity index (χ4v) is 5.65. The van der Waals surface area contributed by atoms with Crippen LogP contribution in [0, 0.1) is 34.2 Å². The van der Waals surface area contributed by atoms with E-state index in [4.69, 9.17) is 21.3 Å². The molecule has 2 saturated heterocycles. The molecular formula is C28H35N13O2. The topological polar surface area (TPSA) is 207 Å². The molecule has 0 bridgehead atoms. The Bertz CT molecular complexity index is 1510. The SMILES string of the molecule is N#CC(C=O)CN1CCN(c2nc(Nc3ccc(CN4CCC(CC(N=N)N=N)CC4)cc3)c3c(=O)[nH]ncc3n2)CC1. The van der Waals surface area contributed by atoms with E-state index in [1.54, 1.807) is 0 Å². The molecule has 4 heterocycles. The van der Waals surface area contributed by atoms with E-state index >= 15 is 0 Å². The first-order chi connectivity index (χ1) is 21.0. The van der Waals surface area contributed by atoms with Crippen molar-refractivity contribution in [3.05, 3.63) is 46.4 Å². The highest BCUT2D eigenvalue weighted by Crippen LogP contribution is 2.27. The van der Waals surface area contributed by atoms with Crippen molar-refractivity contribution in [3.8, 4) is 6.07 Å². The maximum absolute atomic E-state index is 12.7. The van der Waals surface area contributed by atoms with E-state index in [1.165, 1.54) is 11.8 Å². The Morgan fingerprint density at radius 2 is 1.79 bits per heavy atom. The highest BCUT2D eigenvalue weighted by molar-refractivity contribution is 5.90. The van der Waals surface area contributed by atoms with Gasteiger partial charge >= 0.3 is 0 Å². The van der Waals surface area contributed by atoms with Crippen LogP contribution in [0.15, 0.2) is 45.5 Å². The van der Waals surface area contributed by atoms with Crippen LogP contribution in [-0.2, 0) is 11.3 Å². The van der Waals surface area contributed by atoms with Gasteiger partial charge in [0.2, 0.25) is 5.95 Å². The van der Waals surface area contributed by atoms with Gasteiger partial charge < -0.3 is 15.0 Å². The number of hydrogen-bond donors (Lipinski definition) is 4. The van der Waals surface area contributed by atoms with Gasteiger partial charge in [0, 0.05) is 45.0 Å². The number of piperazine rings is 1. The number of aromatic nitrogens is 4. The molecule has 1 atom stereocenters. The van der Waals surface area contributed by atoms with Crippen LogP contribution in [0.4, 0.5) is 17.5 Å². The number of carbonyl (C=O) groups excluding carboxylic acids is 1. The van der Waals surface area contributed by atoms with E-state index in [0.717, 1.165) is 38.2 Å². The van der Waals surface area contributed by atoms with E-state index in [9.17, 15) is 9.59 Å². The van der Waals surface area contributed by atoms with Gasteiger partial charge in [0.15, 0.2) is 6.17 Å². The number of rotatable bonds is 12. The van der Waals surface area contributed by atoms with Crippen molar-refractivity contribution in [2.45, 2.75) is 32.0 Å². The van der Waals surface area contributed by atoms with Gasteiger partial charge in [-0.05, 0) is 56.0 Å². The van der Waals surface area contributed by atoms with Gasteiger partial charge in [-0.1, -0.05) is 12.1 Å². The second kappa shape index (κ2) is 14.0. The van der Waals surface area contributed by atoms with Gasteiger partial charge in [-0.25, -0.2) is 21.1 Å². The first-order valence-electron chi connectivity index (χ1n) is 14.4. The molecular weight excluding hydrogens is 550 g/mol. The predicted octanol–water partition coefficient (Wildman–Crippen LogP) is 2.91. The van der Waals surface area contributed by atoms with Gasteiger partial charge in [-0.15, -0.1) is 0 Å². The third-order valence-corrected chi connectivity index (χ3v) is 8.12. The first kappa shape index (κ1) is 29.8. The van der Waals surface area contributed by atoms with Crippen molar-refractivity contribution in [1.29, 1.82) is 16.3 Å². The summed E-state index contributed by atoms with van der Waals surface area (Å²) in [6.45, 7) is 5.67. The highest BCUT2D eigenvalue weighted by Gasteiger charge is 2.24. The average Bonchev–Trinajstić information content (AvgIpc) is 3.04. The largest absolute Gasteiger partial charge is 0.339 e. The number of nitriles is 1. The molecule has 1 unspecified atom stereocenters. The Labute approximate surface area is 248 Å². The summed E-state index contributed by atoms with van der Waals surface area (Å²) < 4.78 is 0. The normalized spacial score (nSPS) is 18.1. The fraction of sp³-hybridized carbons (Fsp3) is 0.500. The Balaban J connectivity index is 1.24. The summed E-state index contributed by atoms with van der Waals surface area (Å²) in [6.07, 6.45) is 4.32. The molecule has 15 heteroatoms. The van der Waals surface area contributed by atoms with Crippen LogP contribution < -0.4 is 15.8 Å². The monoisotopic (exact) mass is 585 g/mol. The Morgan fingerprint density at radius 3 is 2.44 bits per heavy atom. The molecule has 1 aromatic carbocycles. The smallest absolute Gasteiger partial charge is 0.277 e. The summed E-state index contributed by atoms with van der Waals surface area (Å²) in [5, 5.41) is 26.0. The molecule has 0 radical (unpaired) electrons. The number of aldehydes is 1. The van der Waals surface area contributed by atoms with E-state index in [1.807, 2.05) is 23.1 Å². The van der Waals surface area contributed by atoms with Gasteiger partial charge in [0.25, 0.3) is 5.56 Å². The summed E-state index contributed by atoms with van der Waals surface area (Å²) in [7, 11) is 0. The maximum atomic E-state index is 12.7. The number of benzene rings is 1. The standard InChI is InChI=1S/C28H35N13O2/c29-14-21(18-42)17-40-9-11-41(12-10-40)28-34-23-15-32-38-27(43)25(23)26(35-28)33-22-3-1-20(2-4-22)16-39-7-5-19(6-8-39)13-24(36-30)37-31/h1-4,15,18-19,21,24,30-31H,5-13,16-17H2,(H,38,43)(H,33,34,35). The minimum absolute atomic E-state index is 0.325. The number of likely N-dealkylation sites (tertiary alicyclic amines) is 1. The third kappa shape index (κ3) is 7.40. The van der Waals surface area contributed by atoms with Crippen LogP contribution in [0.2, 0.25) is 0 Å². The van der Waals surface area contributed by atoms with Crippen molar-refractivity contribution in [1.82, 2.24) is 30.0 Å². The second-order valence-electron chi connectivity index (χ2n) is 11.0. The van der Waals surface area contributed by atoms with E-state index in [-0.39, 0.29) is 5.56 Å². The molecule has 0 saturated carbocycles. The molecule has 4 N–H and O–H groups in total. The summed E-state index contributed by atoms with van der Waals surface area (Å²) in [4.78, 5) is 39.7. The molecule has 2 fully saturated rings. The number of aromatic amines is 1. The molecule has 0 spiro atoms. The molecule has 5 rings (SSSR count). The average molecular weight is 586 g/mol. The molecule has 224 valence electrons. The van der Waals surface area contributed by atoms with Gasteiger partial charge in [-0.3, -0.25) is 14.6 Å². The van der Waals surface area contributed by atoms with Crippen LogP contribution in [0.1, 0.15) is 24.8 Å². The highest BCUT2D eigenvalue weighted by atomic mass is 16.1. The third-order valence-electron chi connectivity index (χ3n) is 8.12. The lowest BCUT2D eigenvalue weighted by molar-refractivity contribution is -0.110. The van der Waals surface area contributed by atoms with E-state index in [0.29, 0.717) is 74.0 Å². The zero-order valence-electron chi connectivity index (χ0n) is 23.8. The van der Waals surface area contributed by atoms with Crippen LogP contribution >= 0.6 is 0 Å². The zero-order valence-corrected chi connectivity index (χ0v) is 23.8. The lowest BCUT2D eigenvalue weighted by atomic mass is 9.92. The van der Waals surface area contributed by atoms with Crippen LogP contribution in [0.3, 0.4) is 0 Å². The number of fused-ring (bicyclic) bond motifs is 1. The molecule has 2 aromatic heterocycles. The van der Waals surface area contributed by atoms with Crippen LogP contribution in [0.25, 0.3) is 10.9 Å². The molecule has 0 amide bonds. The predicted molar refractivity (Wildman–Crippen MR) is 158 cm³/mol. The number of hydrogen-bond acceptors (Lipinski definition) is 14. The Kier molecular flexibility index (Phi) is 9.70. The van der Waals surface area contributed by atoms with Crippen molar-refractivity contribution < 1.29 is 4.79 Å². The van der Waals surface area contributed by atoms with Crippen molar-refractivity contribution in [2.24, 2.45) is 22.1 Å². The van der Waals surface area contributed by atoms with Gasteiger partial charge in [-0.2, -0.15) is 25.6 Å². The van der Waals surface area contributed by atoms with Gasteiger partial charge in [0.1, 0.15) is 28.9 Å². The molecule has 2 aliphatic rings. The van der Waals surface area contributed by atoms with Gasteiger partial charge in [0.05, 0.1) is 12.3 Å². The quantitative estimate of drug-likeness (QED) is 0.180. The molecule has 3 aromatic rings. The zero-order chi connectivity index (χ0) is 30.2. The molecule has 43 heavy (non-hydrogen) atoms. The molecule has 2 aliphatic heterocycles. The Morgan fingerprint density at radius 1 is 1.07 bits per heavy atom. The fourth-order valence-electron chi connectivity index (χ4n) is 5.65. The number of anilines is 3. The lowest BCUT2D eigenvalue weighted by Gasteiger charge is -2.35. The van der Waals surface area contributed by atoms with Crippen molar-refractivity contribution in [2.75, 3.05) is 56.0 Å². The number of piperidine rings is 1. The van der Waals surface area contributed by atoms with E-state index in [2.05, 4.69) is 52.7 Å². The summed E-state index contributed by atoms with van der Waals surface area (Å²) in [6, 6.07) is 10.1. The minimum Gasteiger partial charge on any atom is -0.339 e. The molecule has 0 aliphatic carbocycles. The van der Waals surface area contributed by atoms with Crippen molar-refractivity contribution >= 4 is 34.6 Å². The number of carbonyl (C=O) groups is 1. The summed E-state index contributed by atoms with van der Waals surface area (Å²) >= 11 is 0. The number of nitrogens with one attached hydrogen (secondary N) is 4. The van der Waals surface area contributed by atoms with E-state index < -0.39 is 12.1 Å². The Hall–Kier alpha value is -4.68. The second-order valence-corrected chi connectivity index (χ2v) is 11.0. The minimum atomic E-state index is -0.643. The molecule has 15 nitrogen and oxygen atoms in total. The number of H-pyrrole nitrogens is 1.